The topological polar surface area (TPSA) is 79.5 Å². The van der Waals surface area contributed by atoms with Gasteiger partial charge in [-0.2, -0.15) is 4.98 Å². The van der Waals surface area contributed by atoms with Gasteiger partial charge in [-0.05, 0) is 32.6 Å². The van der Waals surface area contributed by atoms with Crippen LogP contribution in [0.3, 0.4) is 0 Å². The maximum atomic E-state index is 12.4. The maximum Gasteiger partial charge on any atom is 0.232 e. The van der Waals surface area contributed by atoms with E-state index >= 15 is 0 Å². The average molecular weight is 344 g/mol. The smallest absolute Gasteiger partial charge is 0.232 e. The molecule has 1 atom stereocenters. The molecule has 3 heterocycles. The summed E-state index contributed by atoms with van der Waals surface area (Å²) in [6, 6.07) is 0.130. The van der Waals surface area contributed by atoms with E-state index in [2.05, 4.69) is 16.2 Å². The highest BCUT2D eigenvalue weighted by molar-refractivity contribution is 5.82. The lowest BCUT2D eigenvalue weighted by molar-refractivity contribution is -0.143. The van der Waals surface area contributed by atoms with Gasteiger partial charge in [0.05, 0.1) is 12.0 Å². The van der Waals surface area contributed by atoms with Crippen LogP contribution in [0.2, 0.25) is 0 Å². The van der Waals surface area contributed by atoms with Crippen LogP contribution >= 0.6 is 0 Å². The normalized spacial score (nSPS) is 24.4. The minimum absolute atomic E-state index is 0.0224. The Labute approximate surface area is 147 Å². The Morgan fingerprint density at radius 2 is 2.16 bits per heavy atom. The number of hydrogen-bond acceptors (Lipinski definition) is 5. The van der Waals surface area contributed by atoms with Gasteiger partial charge >= 0.3 is 0 Å². The summed E-state index contributed by atoms with van der Waals surface area (Å²) in [4.78, 5) is 32.7. The minimum atomic E-state index is -0.0224. The van der Waals surface area contributed by atoms with Crippen LogP contribution in [0.15, 0.2) is 16.2 Å². The molecule has 134 valence electrons. The quantitative estimate of drug-likeness (QED) is 0.778. The van der Waals surface area contributed by atoms with Crippen molar-refractivity contribution in [3.05, 3.63) is 23.4 Å². The molecule has 2 amide bonds. The predicted molar refractivity (Wildman–Crippen MR) is 89.6 cm³/mol. The Bertz CT molecular complexity index is 705. The van der Waals surface area contributed by atoms with Crippen LogP contribution in [-0.4, -0.2) is 57.4 Å². The number of carbonyl (C=O) groups excluding carboxylic acids is 2. The molecule has 25 heavy (non-hydrogen) atoms. The van der Waals surface area contributed by atoms with Gasteiger partial charge in [-0.1, -0.05) is 16.8 Å². The summed E-state index contributed by atoms with van der Waals surface area (Å²) < 4.78 is 5.21. The maximum absolute atomic E-state index is 12.4. The van der Waals surface area contributed by atoms with Crippen molar-refractivity contribution in [2.45, 2.75) is 57.4 Å². The molecule has 0 radical (unpaired) electrons. The summed E-state index contributed by atoms with van der Waals surface area (Å²) in [6.07, 6.45) is 7.77. The second-order valence-electron chi connectivity index (χ2n) is 7.36. The van der Waals surface area contributed by atoms with Crippen LogP contribution in [0, 0.1) is 6.92 Å². The molecule has 3 aliphatic rings. The third-order valence-electron chi connectivity index (χ3n) is 5.47. The highest BCUT2D eigenvalue weighted by Gasteiger charge is 2.43. The van der Waals surface area contributed by atoms with Crippen LogP contribution in [0.4, 0.5) is 0 Å². The number of allylic oxidation sites excluding steroid dienone is 1. The molecular weight excluding hydrogens is 320 g/mol. The molecule has 4 rings (SSSR count). The number of hydrogen-bond donors (Lipinski definition) is 0. The molecule has 1 aromatic heterocycles. The fraction of sp³-hybridized carbons (Fsp3) is 0.667. The van der Waals surface area contributed by atoms with Crippen molar-refractivity contribution < 1.29 is 14.1 Å². The van der Waals surface area contributed by atoms with E-state index in [1.54, 1.807) is 6.92 Å². The number of likely N-dealkylation sites (tertiary alicyclic amines) is 2. The lowest BCUT2D eigenvalue weighted by Gasteiger charge is -2.44. The van der Waals surface area contributed by atoms with Crippen molar-refractivity contribution in [2.75, 3.05) is 19.6 Å². The van der Waals surface area contributed by atoms with E-state index in [0.717, 1.165) is 12.8 Å². The molecule has 2 saturated heterocycles. The number of carbonyl (C=O) groups is 2. The van der Waals surface area contributed by atoms with E-state index in [4.69, 9.17) is 4.52 Å². The number of aryl methyl sites for hydroxylation is 1. The zero-order chi connectivity index (χ0) is 17.4. The highest BCUT2D eigenvalue weighted by Crippen LogP contribution is 2.31. The molecule has 0 bridgehead atoms. The van der Waals surface area contributed by atoms with Gasteiger partial charge in [0.1, 0.15) is 0 Å². The summed E-state index contributed by atoms with van der Waals surface area (Å²) in [5.41, 5.74) is 1.28. The van der Waals surface area contributed by atoms with E-state index in [-0.39, 0.29) is 23.8 Å². The van der Waals surface area contributed by atoms with Gasteiger partial charge in [-0.3, -0.25) is 9.59 Å². The van der Waals surface area contributed by atoms with E-state index in [9.17, 15) is 9.59 Å². The first-order chi connectivity index (χ1) is 12.1. The zero-order valence-electron chi connectivity index (χ0n) is 14.6. The van der Waals surface area contributed by atoms with Crippen LogP contribution in [-0.2, 0) is 9.59 Å². The molecule has 1 unspecified atom stereocenters. The molecule has 1 aliphatic carbocycles. The van der Waals surface area contributed by atoms with Crippen molar-refractivity contribution in [2.24, 2.45) is 0 Å². The molecule has 0 N–H and O–H groups in total. The molecule has 0 saturated carbocycles. The first-order valence-corrected chi connectivity index (χ1v) is 9.15. The van der Waals surface area contributed by atoms with Crippen LogP contribution in [0.5, 0.6) is 0 Å². The third-order valence-corrected chi connectivity index (χ3v) is 5.47. The van der Waals surface area contributed by atoms with Crippen LogP contribution in [0.25, 0.3) is 0 Å². The summed E-state index contributed by atoms with van der Waals surface area (Å²) in [5, 5.41) is 3.81. The SMILES string of the molecule is Cc1noc(C2CC(=O)N(C3CN(C(=O)CC4=CCCCC4)C3)C2)n1. The Morgan fingerprint density at radius 1 is 1.32 bits per heavy atom. The van der Waals surface area contributed by atoms with Gasteiger partial charge in [-0.15, -0.1) is 0 Å². The Balaban J connectivity index is 1.29. The first-order valence-electron chi connectivity index (χ1n) is 9.15. The number of aromatic nitrogens is 2. The van der Waals surface area contributed by atoms with Crippen molar-refractivity contribution >= 4 is 11.8 Å². The van der Waals surface area contributed by atoms with Crippen LogP contribution in [0.1, 0.15) is 56.2 Å². The molecule has 2 aliphatic heterocycles. The van der Waals surface area contributed by atoms with E-state index < -0.39 is 0 Å². The summed E-state index contributed by atoms with van der Waals surface area (Å²) >= 11 is 0. The zero-order valence-corrected chi connectivity index (χ0v) is 14.6. The molecule has 1 aromatic rings. The molecule has 7 nitrogen and oxygen atoms in total. The van der Waals surface area contributed by atoms with Crippen molar-refractivity contribution in [3.8, 4) is 0 Å². The van der Waals surface area contributed by atoms with Gasteiger partial charge in [0, 0.05) is 32.5 Å². The molecule has 2 fully saturated rings. The second kappa shape index (κ2) is 6.61. The van der Waals surface area contributed by atoms with Gasteiger partial charge in [-0.25, -0.2) is 0 Å². The Kier molecular flexibility index (Phi) is 4.31. The van der Waals surface area contributed by atoms with Gasteiger partial charge in [0.15, 0.2) is 5.82 Å². The van der Waals surface area contributed by atoms with Crippen molar-refractivity contribution in [1.29, 1.82) is 0 Å². The van der Waals surface area contributed by atoms with Crippen molar-refractivity contribution in [3.63, 3.8) is 0 Å². The van der Waals surface area contributed by atoms with E-state index in [1.807, 2.05) is 9.80 Å². The average Bonchev–Trinajstić information content (AvgIpc) is 3.13. The fourth-order valence-electron chi connectivity index (χ4n) is 3.96. The molecular formula is C18H24N4O3. The molecule has 0 spiro atoms. The fourth-order valence-corrected chi connectivity index (χ4v) is 3.96. The molecule has 7 heteroatoms. The second-order valence-corrected chi connectivity index (χ2v) is 7.36. The predicted octanol–water partition coefficient (Wildman–Crippen LogP) is 1.80. The monoisotopic (exact) mass is 344 g/mol. The van der Waals surface area contributed by atoms with Crippen molar-refractivity contribution in [1.82, 2.24) is 19.9 Å². The summed E-state index contributed by atoms with van der Waals surface area (Å²) in [5.74, 6) is 1.43. The van der Waals surface area contributed by atoms with Gasteiger partial charge < -0.3 is 14.3 Å². The highest BCUT2D eigenvalue weighted by atomic mass is 16.5. The van der Waals surface area contributed by atoms with Gasteiger partial charge in [0.2, 0.25) is 17.7 Å². The Hall–Kier alpha value is -2.18. The lowest BCUT2D eigenvalue weighted by Crippen LogP contribution is -2.61. The lowest BCUT2D eigenvalue weighted by atomic mass is 9.96. The Morgan fingerprint density at radius 3 is 2.84 bits per heavy atom. The van der Waals surface area contributed by atoms with Crippen LogP contribution < -0.4 is 0 Å². The standard InChI is InChI=1S/C18H24N4O3/c1-12-19-18(25-20-12)14-8-17(24)22(9-14)15-10-21(11-15)16(23)7-13-5-3-2-4-6-13/h5,14-15H,2-4,6-11H2,1H3. The van der Waals surface area contributed by atoms with E-state index in [0.29, 0.717) is 44.2 Å². The number of amides is 2. The summed E-state index contributed by atoms with van der Waals surface area (Å²) in [7, 11) is 0. The summed E-state index contributed by atoms with van der Waals surface area (Å²) in [6.45, 7) is 3.68. The largest absolute Gasteiger partial charge is 0.339 e. The number of rotatable bonds is 4. The minimum Gasteiger partial charge on any atom is -0.339 e. The molecule has 0 aromatic carbocycles. The first kappa shape index (κ1) is 16.3. The number of nitrogens with zero attached hydrogens (tertiary/aromatic N) is 4. The van der Waals surface area contributed by atoms with E-state index in [1.165, 1.54) is 18.4 Å². The third kappa shape index (κ3) is 3.32. The van der Waals surface area contributed by atoms with Gasteiger partial charge in [0.25, 0.3) is 0 Å².